The molecule has 12 atom stereocenters. The lowest BCUT2D eigenvalue weighted by molar-refractivity contribution is -0.254. The molecule has 0 radical (unpaired) electrons. The van der Waals surface area contributed by atoms with E-state index in [0.29, 0.717) is 0 Å². The number of carbonyl (C=O) groups is 8. The molecule has 2 aliphatic carbocycles. The zero-order valence-electron chi connectivity index (χ0n) is 31.0. The maximum absolute atomic E-state index is 13.5. The summed E-state index contributed by atoms with van der Waals surface area (Å²) in [4.78, 5) is 103. The van der Waals surface area contributed by atoms with E-state index in [0.717, 1.165) is 47.8 Å². The Labute approximate surface area is 300 Å². The molecule has 0 aromatic heterocycles. The number of aliphatic hydroxyl groups is 1. The standard InChI is InChI=1S/C35H48O17/c1-15(46-18(4)36)11-29(41)51-25-14-27(49-21(7)39)34(9)26(48-20(6)38)13-24(47-19(5)37)16(2)30(34)31(50-22(8)40)35(44)17(3)32(42)52-28(35)12-23(25)33(43)45-10/h12,15-17,24-28,30-31,44H,11,13-14H2,1-10H3. The lowest BCUT2D eigenvalue weighted by Gasteiger charge is -2.58. The van der Waals surface area contributed by atoms with E-state index in [1.54, 1.807) is 6.92 Å². The second-order valence-corrected chi connectivity index (χ2v) is 13.8. The molecule has 0 amide bonds. The van der Waals surface area contributed by atoms with Gasteiger partial charge in [-0.1, -0.05) is 13.8 Å². The molecule has 17 heteroatoms. The van der Waals surface area contributed by atoms with Gasteiger partial charge < -0.3 is 43.0 Å². The predicted octanol–water partition coefficient (Wildman–Crippen LogP) is 1.42. The number of esters is 8. The first-order valence-electron chi connectivity index (χ1n) is 16.9. The Morgan fingerprint density at radius 2 is 1.38 bits per heavy atom. The molecule has 0 spiro atoms. The first kappa shape index (κ1) is 41.9. The van der Waals surface area contributed by atoms with E-state index >= 15 is 0 Å². The molecule has 1 saturated heterocycles. The summed E-state index contributed by atoms with van der Waals surface area (Å²) in [6.07, 6.45) is -10.1. The fraction of sp³-hybridized carbons (Fsp3) is 0.714. The quantitative estimate of drug-likeness (QED) is 0.260. The van der Waals surface area contributed by atoms with Crippen molar-refractivity contribution in [3.05, 3.63) is 11.6 Å². The van der Waals surface area contributed by atoms with Gasteiger partial charge in [0.25, 0.3) is 0 Å². The molecule has 0 aromatic carbocycles. The number of rotatable bonds is 9. The van der Waals surface area contributed by atoms with Gasteiger partial charge >= 0.3 is 47.8 Å². The van der Waals surface area contributed by atoms with Crippen molar-refractivity contribution in [1.29, 1.82) is 0 Å². The molecular formula is C35H48O17. The highest BCUT2D eigenvalue weighted by Gasteiger charge is 2.70. The zero-order chi connectivity index (χ0) is 39.5. The van der Waals surface area contributed by atoms with Crippen LogP contribution in [0.3, 0.4) is 0 Å². The van der Waals surface area contributed by atoms with Crippen molar-refractivity contribution in [2.24, 2.45) is 23.2 Å². The Kier molecular flexibility index (Phi) is 13.2. The predicted molar refractivity (Wildman–Crippen MR) is 172 cm³/mol. The van der Waals surface area contributed by atoms with Crippen molar-refractivity contribution < 1.29 is 81.4 Å². The van der Waals surface area contributed by atoms with Crippen molar-refractivity contribution in [1.82, 2.24) is 0 Å². The number of fused-ring (bicyclic) bond motifs is 2. The minimum atomic E-state index is -2.50. The van der Waals surface area contributed by atoms with E-state index in [2.05, 4.69) is 0 Å². The highest BCUT2D eigenvalue weighted by Crippen LogP contribution is 2.57. The van der Waals surface area contributed by atoms with Crippen LogP contribution in [0.1, 0.15) is 81.6 Å². The Hall–Kier alpha value is -4.54. The number of methoxy groups -OCH3 is 1. The molecule has 1 heterocycles. The fourth-order valence-electron chi connectivity index (χ4n) is 7.84. The van der Waals surface area contributed by atoms with E-state index in [1.807, 2.05) is 0 Å². The van der Waals surface area contributed by atoms with Crippen molar-refractivity contribution in [3.63, 3.8) is 0 Å². The largest absolute Gasteiger partial charge is 0.466 e. The SMILES string of the molecule is COC(=O)C1=CC2OC(=O)C(C)C2(O)C(OC(C)=O)C2C(C)C(OC(C)=O)CC(OC(C)=O)C2(C)C(OC(C)=O)CC1OC(=O)CC(C)OC(C)=O. The number of carbonyl (C=O) groups excluding carboxylic acids is 8. The highest BCUT2D eigenvalue weighted by molar-refractivity contribution is 5.90. The van der Waals surface area contributed by atoms with Gasteiger partial charge in [0.2, 0.25) is 0 Å². The van der Waals surface area contributed by atoms with E-state index in [9.17, 15) is 43.5 Å². The summed E-state index contributed by atoms with van der Waals surface area (Å²) in [6.45, 7) is 11.5. The molecule has 12 unspecified atom stereocenters. The number of hydrogen-bond acceptors (Lipinski definition) is 17. The fourth-order valence-corrected chi connectivity index (χ4v) is 7.84. The molecule has 52 heavy (non-hydrogen) atoms. The maximum Gasteiger partial charge on any atom is 0.337 e. The number of ether oxygens (including phenoxy) is 8. The van der Waals surface area contributed by atoms with Gasteiger partial charge in [0.15, 0.2) is 11.7 Å². The molecule has 3 rings (SSSR count). The van der Waals surface area contributed by atoms with Crippen LogP contribution < -0.4 is 0 Å². The number of hydrogen-bond donors (Lipinski definition) is 1. The summed E-state index contributed by atoms with van der Waals surface area (Å²) in [5.41, 5.74) is -4.68. The van der Waals surface area contributed by atoms with Crippen LogP contribution in [-0.4, -0.2) is 108 Å². The van der Waals surface area contributed by atoms with Crippen LogP contribution >= 0.6 is 0 Å². The van der Waals surface area contributed by atoms with Crippen LogP contribution in [0, 0.1) is 23.2 Å². The topological polar surface area (TPSA) is 231 Å². The lowest BCUT2D eigenvalue weighted by Crippen LogP contribution is -2.69. The summed E-state index contributed by atoms with van der Waals surface area (Å²) >= 11 is 0. The summed E-state index contributed by atoms with van der Waals surface area (Å²) < 4.78 is 44.8. The zero-order valence-corrected chi connectivity index (χ0v) is 31.0. The molecule has 3 aliphatic rings. The van der Waals surface area contributed by atoms with Crippen LogP contribution in [0.25, 0.3) is 0 Å². The lowest BCUT2D eigenvalue weighted by atomic mass is 9.52. The summed E-state index contributed by atoms with van der Waals surface area (Å²) in [7, 11) is 1.02. The molecule has 2 fully saturated rings. The highest BCUT2D eigenvalue weighted by atomic mass is 16.6. The third-order valence-corrected chi connectivity index (χ3v) is 10.1. The van der Waals surface area contributed by atoms with Crippen LogP contribution in [0.5, 0.6) is 0 Å². The van der Waals surface area contributed by atoms with Gasteiger partial charge in [-0.25, -0.2) is 4.79 Å². The average molecular weight is 741 g/mol. The molecule has 1 N–H and O–H groups in total. The Balaban J connectivity index is 2.49. The second-order valence-electron chi connectivity index (χ2n) is 13.8. The molecule has 17 nitrogen and oxygen atoms in total. The Bertz CT molecular complexity index is 1480. The van der Waals surface area contributed by atoms with Crippen LogP contribution in [0.4, 0.5) is 0 Å². The summed E-state index contributed by atoms with van der Waals surface area (Å²) in [5, 5.41) is 12.8. The van der Waals surface area contributed by atoms with E-state index in [1.165, 1.54) is 20.8 Å². The van der Waals surface area contributed by atoms with Crippen molar-refractivity contribution in [3.8, 4) is 0 Å². The van der Waals surface area contributed by atoms with Crippen molar-refractivity contribution in [2.45, 2.75) is 130 Å². The van der Waals surface area contributed by atoms with Crippen LogP contribution in [0.15, 0.2) is 11.6 Å². The Morgan fingerprint density at radius 3 is 1.88 bits per heavy atom. The molecular weight excluding hydrogens is 692 g/mol. The average Bonchev–Trinajstić information content (AvgIpc) is 3.22. The van der Waals surface area contributed by atoms with Gasteiger partial charge in [-0.15, -0.1) is 0 Å². The van der Waals surface area contributed by atoms with E-state index in [-0.39, 0.29) is 6.42 Å². The second kappa shape index (κ2) is 16.4. The van der Waals surface area contributed by atoms with Crippen molar-refractivity contribution >= 4 is 47.8 Å². The monoisotopic (exact) mass is 740 g/mol. The van der Waals surface area contributed by atoms with Gasteiger partial charge in [-0.2, -0.15) is 0 Å². The molecule has 1 saturated carbocycles. The van der Waals surface area contributed by atoms with Gasteiger partial charge in [0.1, 0.15) is 36.6 Å². The van der Waals surface area contributed by atoms with E-state index in [4.69, 9.17) is 37.9 Å². The molecule has 0 aromatic rings. The first-order valence-corrected chi connectivity index (χ1v) is 16.9. The van der Waals surface area contributed by atoms with Crippen LogP contribution in [-0.2, 0) is 76.3 Å². The van der Waals surface area contributed by atoms with Gasteiger partial charge in [0.05, 0.1) is 25.0 Å². The van der Waals surface area contributed by atoms with Gasteiger partial charge in [-0.3, -0.25) is 33.6 Å². The summed E-state index contributed by atoms with van der Waals surface area (Å²) in [6, 6.07) is 0. The Morgan fingerprint density at radius 1 is 0.846 bits per heavy atom. The van der Waals surface area contributed by atoms with Gasteiger partial charge in [0, 0.05) is 64.7 Å². The van der Waals surface area contributed by atoms with E-state index < -0.39 is 138 Å². The minimum Gasteiger partial charge on any atom is -0.466 e. The molecule has 290 valence electrons. The van der Waals surface area contributed by atoms with Crippen molar-refractivity contribution in [2.75, 3.05) is 7.11 Å². The third kappa shape index (κ3) is 8.73. The minimum absolute atomic E-state index is 0.172. The summed E-state index contributed by atoms with van der Waals surface area (Å²) in [5.74, 6) is -10.6. The smallest absolute Gasteiger partial charge is 0.337 e. The molecule has 1 aliphatic heterocycles. The van der Waals surface area contributed by atoms with Gasteiger partial charge in [-0.05, 0) is 19.9 Å². The van der Waals surface area contributed by atoms with Crippen LogP contribution in [0.2, 0.25) is 0 Å². The third-order valence-electron chi connectivity index (χ3n) is 10.1. The first-order chi connectivity index (χ1) is 24.1. The maximum atomic E-state index is 13.5. The molecule has 0 bridgehead atoms. The normalized spacial score (nSPS) is 34.7.